The maximum atomic E-state index is 11.7. The van der Waals surface area contributed by atoms with E-state index in [9.17, 15) is 4.79 Å². The predicted octanol–water partition coefficient (Wildman–Crippen LogP) is 2.00. The van der Waals surface area contributed by atoms with Crippen molar-refractivity contribution in [3.63, 3.8) is 0 Å². The van der Waals surface area contributed by atoms with Gasteiger partial charge in [0.15, 0.2) is 6.10 Å². The number of hydrogen-bond acceptors (Lipinski definition) is 5. The van der Waals surface area contributed by atoms with Gasteiger partial charge < -0.3 is 15.2 Å². The van der Waals surface area contributed by atoms with Gasteiger partial charge in [0.05, 0.1) is 17.8 Å². The highest BCUT2D eigenvalue weighted by atomic mass is 35.5. The van der Waals surface area contributed by atoms with Crippen LogP contribution in [0.25, 0.3) is 0 Å². The number of nitrogen functional groups attached to an aromatic ring is 1. The van der Waals surface area contributed by atoms with Crippen LogP contribution in [0.5, 0.6) is 5.75 Å². The zero-order valence-corrected chi connectivity index (χ0v) is 10.1. The van der Waals surface area contributed by atoms with Gasteiger partial charge in [-0.15, -0.1) is 0 Å². The topological polar surface area (TPSA) is 85.3 Å². The van der Waals surface area contributed by atoms with Crippen molar-refractivity contribution >= 4 is 23.3 Å². The molecule has 2 N–H and O–H groups in total. The quantitative estimate of drug-likeness (QED) is 0.659. The Kier molecular flexibility index (Phi) is 4.18. The summed E-state index contributed by atoms with van der Waals surface area (Å²) in [4.78, 5) is 11.7. The fraction of sp³-hybridized carbons (Fsp3) is 0.273. The van der Waals surface area contributed by atoms with Crippen LogP contribution < -0.4 is 10.5 Å². The van der Waals surface area contributed by atoms with E-state index in [1.54, 1.807) is 6.07 Å². The van der Waals surface area contributed by atoms with E-state index >= 15 is 0 Å². The lowest BCUT2D eigenvalue weighted by molar-refractivity contribution is 0.0432. The van der Waals surface area contributed by atoms with Crippen LogP contribution in [0.1, 0.15) is 17.3 Å². The van der Waals surface area contributed by atoms with E-state index < -0.39 is 12.1 Å². The summed E-state index contributed by atoms with van der Waals surface area (Å²) < 4.78 is 9.84. The molecule has 0 fully saturated rings. The number of nitrogens with two attached hydrogens (primary N) is 1. The van der Waals surface area contributed by atoms with Gasteiger partial charge in [-0.2, -0.15) is 5.26 Å². The first-order chi connectivity index (χ1) is 7.99. The smallest absolute Gasteiger partial charge is 0.343 e. The van der Waals surface area contributed by atoms with Crippen LogP contribution in [0.15, 0.2) is 12.1 Å². The molecule has 90 valence electrons. The summed E-state index contributed by atoms with van der Waals surface area (Å²) in [5.74, 6) is -0.431. The zero-order valence-electron chi connectivity index (χ0n) is 9.36. The molecule has 6 heteroatoms. The number of ether oxygens (including phenoxy) is 2. The van der Waals surface area contributed by atoms with E-state index in [2.05, 4.69) is 0 Å². The Morgan fingerprint density at radius 1 is 1.59 bits per heavy atom. The van der Waals surface area contributed by atoms with Crippen molar-refractivity contribution in [2.24, 2.45) is 0 Å². The van der Waals surface area contributed by atoms with Crippen molar-refractivity contribution in [2.45, 2.75) is 13.0 Å². The van der Waals surface area contributed by atoms with E-state index in [0.29, 0.717) is 5.69 Å². The van der Waals surface area contributed by atoms with E-state index in [-0.39, 0.29) is 16.3 Å². The molecule has 5 nitrogen and oxygen atoms in total. The minimum Gasteiger partial charge on any atom is -0.496 e. The van der Waals surface area contributed by atoms with E-state index in [1.165, 1.54) is 26.2 Å². The highest BCUT2D eigenvalue weighted by Crippen LogP contribution is 2.29. The number of carbonyl (C=O) groups excluding carboxylic acids is 1. The summed E-state index contributed by atoms with van der Waals surface area (Å²) in [6.45, 7) is 1.46. The number of rotatable bonds is 3. The molecule has 0 saturated carbocycles. The highest BCUT2D eigenvalue weighted by molar-refractivity contribution is 6.33. The summed E-state index contributed by atoms with van der Waals surface area (Å²) in [6.07, 6.45) is -0.844. The van der Waals surface area contributed by atoms with Gasteiger partial charge in [-0.3, -0.25) is 0 Å². The molecular formula is C11H11ClN2O3. The molecule has 0 heterocycles. The fourth-order valence-electron chi connectivity index (χ4n) is 1.15. The Bertz CT molecular complexity index is 482. The molecular weight excluding hydrogens is 244 g/mol. The van der Waals surface area contributed by atoms with Gasteiger partial charge in [-0.25, -0.2) is 4.79 Å². The van der Waals surface area contributed by atoms with Gasteiger partial charge in [0.1, 0.15) is 17.4 Å². The number of esters is 1. The average Bonchev–Trinajstić information content (AvgIpc) is 2.31. The first-order valence-electron chi connectivity index (χ1n) is 4.73. The normalized spacial score (nSPS) is 11.4. The minimum atomic E-state index is -0.844. The maximum absolute atomic E-state index is 11.7. The Balaban J connectivity index is 3.09. The van der Waals surface area contributed by atoms with Crippen molar-refractivity contribution in [2.75, 3.05) is 12.8 Å². The second-order valence-electron chi connectivity index (χ2n) is 3.25. The minimum absolute atomic E-state index is 0.133. The molecule has 0 spiro atoms. The van der Waals surface area contributed by atoms with E-state index in [4.69, 9.17) is 32.1 Å². The Labute approximate surface area is 104 Å². The van der Waals surface area contributed by atoms with Crippen LogP contribution in [0.2, 0.25) is 5.02 Å². The van der Waals surface area contributed by atoms with Crippen LogP contribution >= 0.6 is 11.6 Å². The molecule has 0 bridgehead atoms. The lowest BCUT2D eigenvalue weighted by Crippen LogP contribution is -2.14. The van der Waals surface area contributed by atoms with Crippen LogP contribution in [-0.4, -0.2) is 19.2 Å². The SMILES string of the molecule is COc1cc(N)c(Cl)cc1C(=O)OC(C)C#N. The molecule has 1 aromatic carbocycles. The van der Waals surface area contributed by atoms with Gasteiger partial charge in [0.25, 0.3) is 0 Å². The number of nitriles is 1. The molecule has 0 radical (unpaired) electrons. The summed E-state index contributed by atoms with van der Waals surface area (Å²) in [7, 11) is 1.40. The first-order valence-corrected chi connectivity index (χ1v) is 5.11. The number of benzene rings is 1. The number of hydrogen-bond donors (Lipinski definition) is 1. The molecule has 0 amide bonds. The predicted molar refractivity (Wildman–Crippen MR) is 62.9 cm³/mol. The van der Waals surface area contributed by atoms with Crippen LogP contribution in [0.3, 0.4) is 0 Å². The maximum Gasteiger partial charge on any atom is 0.343 e. The highest BCUT2D eigenvalue weighted by Gasteiger charge is 2.18. The van der Waals surface area contributed by atoms with E-state index in [0.717, 1.165) is 0 Å². The molecule has 0 aliphatic heterocycles. The number of halogens is 1. The van der Waals surface area contributed by atoms with Gasteiger partial charge in [0.2, 0.25) is 0 Å². The fourth-order valence-corrected chi connectivity index (χ4v) is 1.31. The van der Waals surface area contributed by atoms with Crippen LogP contribution in [0, 0.1) is 11.3 Å². The third-order valence-corrected chi connectivity index (χ3v) is 2.33. The summed E-state index contributed by atoms with van der Waals surface area (Å²) in [5.41, 5.74) is 6.01. The van der Waals surface area contributed by atoms with Crippen molar-refractivity contribution in [3.05, 3.63) is 22.7 Å². The second kappa shape index (κ2) is 5.41. The first kappa shape index (κ1) is 13.1. The van der Waals surface area contributed by atoms with Crippen molar-refractivity contribution in [1.82, 2.24) is 0 Å². The van der Waals surface area contributed by atoms with Crippen LogP contribution in [0.4, 0.5) is 5.69 Å². The van der Waals surface area contributed by atoms with E-state index in [1.807, 2.05) is 0 Å². The molecule has 0 saturated heterocycles. The van der Waals surface area contributed by atoms with Crippen LogP contribution in [-0.2, 0) is 4.74 Å². The number of carbonyl (C=O) groups is 1. The second-order valence-corrected chi connectivity index (χ2v) is 3.66. The standard InChI is InChI=1S/C11H11ClN2O3/c1-6(5-13)17-11(15)7-3-8(12)9(14)4-10(7)16-2/h3-4,6H,14H2,1-2H3. The molecule has 1 unspecified atom stereocenters. The Morgan fingerprint density at radius 2 is 2.24 bits per heavy atom. The lowest BCUT2D eigenvalue weighted by atomic mass is 10.2. The van der Waals surface area contributed by atoms with Gasteiger partial charge in [-0.1, -0.05) is 11.6 Å². The molecule has 1 atom stereocenters. The Morgan fingerprint density at radius 3 is 2.76 bits per heavy atom. The monoisotopic (exact) mass is 254 g/mol. The third-order valence-electron chi connectivity index (χ3n) is 2.00. The molecule has 0 aliphatic carbocycles. The molecule has 1 rings (SSSR count). The summed E-state index contributed by atoms with van der Waals surface area (Å²) in [5, 5.41) is 8.78. The lowest BCUT2D eigenvalue weighted by Gasteiger charge is -2.11. The van der Waals surface area contributed by atoms with Crippen molar-refractivity contribution in [3.8, 4) is 11.8 Å². The summed E-state index contributed by atoms with van der Waals surface area (Å²) >= 11 is 5.80. The largest absolute Gasteiger partial charge is 0.496 e. The molecule has 0 aliphatic rings. The summed E-state index contributed by atoms with van der Waals surface area (Å²) in [6, 6.07) is 4.56. The van der Waals surface area contributed by atoms with Gasteiger partial charge in [0, 0.05) is 6.07 Å². The van der Waals surface area contributed by atoms with Crippen molar-refractivity contribution in [1.29, 1.82) is 5.26 Å². The number of nitrogens with zero attached hydrogens (tertiary/aromatic N) is 1. The molecule has 1 aromatic rings. The molecule has 17 heavy (non-hydrogen) atoms. The third kappa shape index (κ3) is 3.02. The zero-order chi connectivity index (χ0) is 13.0. The average molecular weight is 255 g/mol. The van der Waals surface area contributed by atoms with Gasteiger partial charge in [-0.05, 0) is 13.0 Å². The number of methoxy groups -OCH3 is 1. The van der Waals surface area contributed by atoms with Gasteiger partial charge >= 0.3 is 5.97 Å². The van der Waals surface area contributed by atoms with Crippen molar-refractivity contribution < 1.29 is 14.3 Å². The Hall–Kier alpha value is -1.93. The molecule has 0 aromatic heterocycles. The number of anilines is 1.